The lowest BCUT2D eigenvalue weighted by Gasteiger charge is -2.15. The molecule has 2 N–H and O–H groups in total. The SMILES string of the molecule is O=C(CNCc1csc(=O)[nH]1)N1CCCC1. The molecule has 0 atom stereocenters. The number of hydrogen-bond acceptors (Lipinski definition) is 4. The number of likely N-dealkylation sites (tertiary alicyclic amines) is 1. The van der Waals surface area contributed by atoms with Crippen molar-refractivity contribution in [1.82, 2.24) is 15.2 Å². The van der Waals surface area contributed by atoms with Crippen LogP contribution in [0.4, 0.5) is 0 Å². The third-order valence-corrected chi connectivity index (χ3v) is 3.34. The minimum Gasteiger partial charge on any atom is -0.342 e. The molecule has 1 amide bonds. The number of rotatable bonds is 4. The zero-order valence-electron chi connectivity index (χ0n) is 8.99. The number of hydrogen-bond donors (Lipinski definition) is 2. The second kappa shape index (κ2) is 5.27. The molecule has 5 nitrogen and oxygen atoms in total. The second-order valence-electron chi connectivity index (χ2n) is 3.86. The average Bonchev–Trinajstić information content (AvgIpc) is 2.89. The summed E-state index contributed by atoms with van der Waals surface area (Å²) >= 11 is 1.14. The molecular formula is C10H15N3O2S. The van der Waals surface area contributed by atoms with Gasteiger partial charge in [0.1, 0.15) is 0 Å². The molecule has 1 saturated heterocycles. The molecule has 0 bridgehead atoms. The van der Waals surface area contributed by atoms with Crippen LogP contribution in [-0.2, 0) is 11.3 Å². The summed E-state index contributed by atoms with van der Waals surface area (Å²) in [6.45, 7) is 2.65. The Morgan fingerprint density at radius 2 is 2.25 bits per heavy atom. The molecule has 0 aromatic carbocycles. The Labute approximate surface area is 97.5 Å². The van der Waals surface area contributed by atoms with Crippen molar-refractivity contribution in [1.29, 1.82) is 0 Å². The predicted molar refractivity (Wildman–Crippen MR) is 62.5 cm³/mol. The van der Waals surface area contributed by atoms with Crippen molar-refractivity contribution in [2.24, 2.45) is 0 Å². The van der Waals surface area contributed by atoms with E-state index in [1.807, 2.05) is 4.90 Å². The Morgan fingerprint density at radius 1 is 1.50 bits per heavy atom. The van der Waals surface area contributed by atoms with Crippen molar-refractivity contribution >= 4 is 17.2 Å². The van der Waals surface area contributed by atoms with Gasteiger partial charge in [-0.3, -0.25) is 9.59 Å². The van der Waals surface area contributed by atoms with Gasteiger partial charge in [0.15, 0.2) is 0 Å². The average molecular weight is 241 g/mol. The first kappa shape index (κ1) is 11.3. The van der Waals surface area contributed by atoms with Gasteiger partial charge in [0.05, 0.1) is 6.54 Å². The van der Waals surface area contributed by atoms with Crippen LogP contribution in [0.1, 0.15) is 18.5 Å². The monoisotopic (exact) mass is 241 g/mol. The van der Waals surface area contributed by atoms with Crippen molar-refractivity contribution in [2.75, 3.05) is 19.6 Å². The Morgan fingerprint density at radius 3 is 2.88 bits per heavy atom. The summed E-state index contributed by atoms with van der Waals surface area (Å²) in [4.78, 5) is 27.0. The van der Waals surface area contributed by atoms with Gasteiger partial charge in [-0.1, -0.05) is 11.3 Å². The van der Waals surface area contributed by atoms with Gasteiger partial charge < -0.3 is 15.2 Å². The Bertz CT molecular complexity index is 406. The highest BCUT2D eigenvalue weighted by atomic mass is 32.1. The standard InChI is InChI=1S/C10H15N3O2S/c14-9(13-3-1-2-4-13)6-11-5-8-7-16-10(15)12-8/h7,11H,1-6H2,(H,12,15). The van der Waals surface area contributed by atoms with E-state index in [4.69, 9.17) is 0 Å². The topological polar surface area (TPSA) is 65.2 Å². The normalized spacial score (nSPS) is 15.6. The van der Waals surface area contributed by atoms with Crippen LogP contribution in [0.5, 0.6) is 0 Å². The molecule has 1 aliphatic rings. The highest BCUT2D eigenvalue weighted by Crippen LogP contribution is 2.06. The van der Waals surface area contributed by atoms with Crippen LogP contribution in [-0.4, -0.2) is 35.4 Å². The minimum atomic E-state index is -0.0531. The number of H-pyrrole nitrogens is 1. The maximum atomic E-state index is 11.6. The summed E-state index contributed by atoms with van der Waals surface area (Å²) < 4.78 is 0. The van der Waals surface area contributed by atoms with Gasteiger partial charge in [-0.2, -0.15) is 0 Å². The van der Waals surface area contributed by atoms with E-state index >= 15 is 0 Å². The third-order valence-electron chi connectivity index (χ3n) is 2.62. The lowest BCUT2D eigenvalue weighted by molar-refractivity contribution is -0.129. The van der Waals surface area contributed by atoms with Crippen LogP contribution in [0.25, 0.3) is 0 Å². The van der Waals surface area contributed by atoms with Crippen LogP contribution < -0.4 is 10.2 Å². The minimum absolute atomic E-state index is 0.0531. The summed E-state index contributed by atoms with van der Waals surface area (Å²) in [5.41, 5.74) is 0.837. The van der Waals surface area contributed by atoms with Gasteiger partial charge in [-0.05, 0) is 12.8 Å². The van der Waals surface area contributed by atoms with E-state index in [1.54, 1.807) is 5.38 Å². The molecule has 1 aliphatic heterocycles. The van der Waals surface area contributed by atoms with E-state index in [1.165, 1.54) is 0 Å². The van der Waals surface area contributed by atoms with Crippen LogP contribution >= 0.6 is 11.3 Å². The molecule has 16 heavy (non-hydrogen) atoms. The summed E-state index contributed by atoms with van der Waals surface area (Å²) in [7, 11) is 0. The molecule has 1 fully saturated rings. The van der Waals surface area contributed by atoms with Gasteiger partial charge in [0.2, 0.25) is 5.91 Å². The number of thiazole rings is 1. The van der Waals surface area contributed by atoms with E-state index in [0.29, 0.717) is 13.1 Å². The quantitative estimate of drug-likeness (QED) is 0.788. The number of nitrogens with zero attached hydrogens (tertiary/aromatic N) is 1. The molecule has 88 valence electrons. The van der Waals surface area contributed by atoms with Crippen LogP contribution in [0.3, 0.4) is 0 Å². The number of aromatic amines is 1. The smallest absolute Gasteiger partial charge is 0.304 e. The van der Waals surface area contributed by atoms with Crippen molar-refractivity contribution in [3.63, 3.8) is 0 Å². The summed E-state index contributed by atoms with van der Waals surface area (Å²) in [6.07, 6.45) is 2.23. The third kappa shape index (κ3) is 2.93. The number of nitrogens with one attached hydrogen (secondary N) is 2. The van der Waals surface area contributed by atoms with Crippen molar-refractivity contribution < 1.29 is 4.79 Å². The van der Waals surface area contributed by atoms with Crippen LogP contribution in [0, 0.1) is 0 Å². The summed E-state index contributed by atoms with van der Waals surface area (Å²) in [6, 6.07) is 0. The molecule has 0 unspecified atom stereocenters. The molecule has 2 heterocycles. The highest BCUT2D eigenvalue weighted by Gasteiger charge is 2.16. The zero-order valence-corrected chi connectivity index (χ0v) is 9.81. The molecule has 0 aliphatic carbocycles. The van der Waals surface area contributed by atoms with Crippen LogP contribution in [0.15, 0.2) is 10.2 Å². The van der Waals surface area contributed by atoms with Crippen molar-refractivity contribution in [3.05, 3.63) is 20.7 Å². The highest BCUT2D eigenvalue weighted by molar-refractivity contribution is 7.07. The molecule has 2 rings (SSSR count). The first-order valence-electron chi connectivity index (χ1n) is 5.41. The van der Waals surface area contributed by atoms with E-state index in [0.717, 1.165) is 43.0 Å². The molecule has 1 aromatic rings. The largest absolute Gasteiger partial charge is 0.342 e. The fraction of sp³-hybridized carbons (Fsp3) is 0.600. The summed E-state index contributed by atoms with van der Waals surface area (Å²) in [5, 5.41) is 4.81. The van der Waals surface area contributed by atoms with E-state index < -0.39 is 0 Å². The molecule has 1 aromatic heterocycles. The number of aromatic nitrogens is 1. The van der Waals surface area contributed by atoms with Gasteiger partial charge in [0, 0.05) is 30.7 Å². The molecule has 0 spiro atoms. The van der Waals surface area contributed by atoms with Crippen molar-refractivity contribution in [2.45, 2.75) is 19.4 Å². The van der Waals surface area contributed by atoms with Crippen LogP contribution in [0.2, 0.25) is 0 Å². The fourth-order valence-electron chi connectivity index (χ4n) is 1.78. The molecule has 0 saturated carbocycles. The molecule has 0 radical (unpaired) electrons. The number of carbonyl (C=O) groups is 1. The zero-order chi connectivity index (χ0) is 11.4. The Kier molecular flexibility index (Phi) is 3.74. The molecular weight excluding hydrogens is 226 g/mol. The lowest BCUT2D eigenvalue weighted by atomic mass is 10.4. The number of carbonyl (C=O) groups excluding carboxylic acids is 1. The van der Waals surface area contributed by atoms with E-state index in [-0.39, 0.29) is 10.8 Å². The van der Waals surface area contributed by atoms with E-state index in [9.17, 15) is 9.59 Å². The number of amides is 1. The molecule has 6 heteroatoms. The van der Waals surface area contributed by atoms with Gasteiger partial charge in [0.25, 0.3) is 0 Å². The van der Waals surface area contributed by atoms with Gasteiger partial charge >= 0.3 is 4.87 Å². The second-order valence-corrected chi connectivity index (χ2v) is 4.71. The summed E-state index contributed by atoms with van der Waals surface area (Å²) in [5.74, 6) is 0.148. The first-order valence-corrected chi connectivity index (χ1v) is 6.29. The predicted octanol–water partition coefficient (Wildman–Crippen LogP) is 0.148. The van der Waals surface area contributed by atoms with Gasteiger partial charge in [-0.25, -0.2) is 0 Å². The lowest BCUT2D eigenvalue weighted by Crippen LogP contribution is -2.36. The van der Waals surface area contributed by atoms with E-state index in [2.05, 4.69) is 10.3 Å². The maximum Gasteiger partial charge on any atom is 0.304 e. The van der Waals surface area contributed by atoms with Gasteiger partial charge in [-0.15, -0.1) is 0 Å². The van der Waals surface area contributed by atoms with Crippen molar-refractivity contribution in [3.8, 4) is 0 Å². The first-order chi connectivity index (χ1) is 7.75. The maximum absolute atomic E-state index is 11.6. The fourth-order valence-corrected chi connectivity index (χ4v) is 2.36. The Balaban J connectivity index is 1.71. The Hall–Kier alpha value is -1.14.